The molecule has 1 N–H and O–H groups in total. The summed E-state index contributed by atoms with van der Waals surface area (Å²) >= 11 is 0. The Hall–Kier alpha value is -1.61. The molecule has 1 unspecified atom stereocenters. The van der Waals surface area contributed by atoms with Crippen molar-refractivity contribution >= 4 is 16.6 Å². The fraction of sp³-hybridized carbons (Fsp3) is 0.471. The molecule has 0 aliphatic rings. The van der Waals surface area contributed by atoms with Crippen molar-refractivity contribution < 1.29 is 0 Å². The van der Waals surface area contributed by atoms with E-state index >= 15 is 0 Å². The quantitative estimate of drug-likeness (QED) is 0.870. The number of aromatic nitrogens is 1. The third-order valence-electron chi connectivity index (χ3n) is 3.88. The van der Waals surface area contributed by atoms with Gasteiger partial charge in [0.2, 0.25) is 0 Å². The lowest BCUT2D eigenvalue weighted by atomic mass is 10.1. The molecule has 1 aromatic carbocycles. The van der Waals surface area contributed by atoms with Crippen molar-refractivity contribution in [3.8, 4) is 0 Å². The molecule has 0 aliphatic heterocycles. The van der Waals surface area contributed by atoms with E-state index in [0.29, 0.717) is 6.04 Å². The summed E-state index contributed by atoms with van der Waals surface area (Å²) in [5.41, 5.74) is 3.48. The molecule has 2 rings (SSSR count). The lowest BCUT2D eigenvalue weighted by Crippen LogP contribution is -2.32. The smallest absolute Gasteiger partial charge is 0.0726 e. The highest BCUT2D eigenvalue weighted by molar-refractivity contribution is 5.92. The van der Waals surface area contributed by atoms with Gasteiger partial charge in [-0.2, -0.15) is 0 Å². The number of pyridine rings is 1. The van der Waals surface area contributed by atoms with E-state index in [1.807, 2.05) is 7.05 Å². The van der Waals surface area contributed by atoms with Crippen LogP contribution < -0.4 is 10.2 Å². The summed E-state index contributed by atoms with van der Waals surface area (Å²) in [6.45, 7) is 8.57. The topological polar surface area (TPSA) is 28.2 Å². The minimum absolute atomic E-state index is 0.535. The van der Waals surface area contributed by atoms with Gasteiger partial charge in [-0.25, -0.2) is 0 Å². The molecule has 0 bridgehead atoms. The molecule has 1 atom stereocenters. The molecule has 20 heavy (non-hydrogen) atoms. The van der Waals surface area contributed by atoms with Gasteiger partial charge in [0.1, 0.15) is 0 Å². The Bertz CT molecular complexity index is 565. The molecule has 0 fully saturated rings. The third kappa shape index (κ3) is 2.93. The number of fused-ring (bicyclic) bond motifs is 1. The summed E-state index contributed by atoms with van der Waals surface area (Å²) in [5.74, 6) is 0. The van der Waals surface area contributed by atoms with Gasteiger partial charge in [0.15, 0.2) is 0 Å². The number of rotatable bonds is 6. The van der Waals surface area contributed by atoms with Crippen molar-refractivity contribution in [3.63, 3.8) is 0 Å². The highest BCUT2D eigenvalue weighted by Crippen LogP contribution is 2.28. The first kappa shape index (κ1) is 14.8. The molecule has 0 amide bonds. The summed E-state index contributed by atoms with van der Waals surface area (Å²) in [7, 11) is 1.96. The summed E-state index contributed by atoms with van der Waals surface area (Å²) in [6, 6.07) is 11.2. The van der Waals surface area contributed by atoms with Crippen molar-refractivity contribution in [1.82, 2.24) is 10.3 Å². The van der Waals surface area contributed by atoms with Crippen LogP contribution in [0, 0.1) is 0 Å². The molecule has 1 aromatic heterocycles. The fourth-order valence-corrected chi connectivity index (χ4v) is 2.66. The van der Waals surface area contributed by atoms with Crippen molar-refractivity contribution in [2.45, 2.75) is 39.8 Å². The Labute approximate surface area is 122 Å². The molecule has 1 heterocycles. The fourth-order valence-electron chi connectivity index (χ4n) is 2.66. The number of nitrogens with one attached hydrogen (secondary N) is 1. The molecule has 0 spiro atoms. The van der Waals surface area contributed by atoms with E-state index in [2.05, 4.69) is 61.3 Å². The number of para-hydroxylation sites is 1. The molecule has 3 heteroatoms. The monoisotopic (exact) mass is 271 g/mol. The van der Waals surface area contributed by atoms with E-state index in [9.17, 15) is 0 Å². The maximum absolute atomic E-state index is 4.74. The summed E-state index contributed by atoms with van der Waals surface area (Å²) in [6.07, 6.45) is 1.14. The highest BCUT2D eigenvalue weighted by atomic mass is 15.2. The zero-order valence-electron chi connectivity index (χ0n) is 13.0. The van der Waals surface area contributed by atoms with Gasteiger partial charge in [0.25, 0.3) is 0 Å². The molecular formula is C17H25N3. The van der Waals surface area contributed by atoms with Gasteiger partial charge < -0.3 is 10.2 Å². The van der Waals surface area contributed by atoms with Crippen LogP contribution in [0.15, 0.2) is 30.3 Å². The van der Waals surface area contributed by atoms with Gasteiger partial charge in [-0.3, -0.25) is 4.98 Å². The molecule has 2 aromatic rings. The predicted molar refractivity (Wildman–Crippen MR) is 87.3 cm³/mol. The normalized spacial score (nSPS) is 12.6. The molecule has 0 saturated carbocycles. The molecule has 0 aliphatic carbocycles. The second-order valence-electron chi connectivity index (χ2n) is 5.22. The van der Waals surface area contributed by atoms with Gasteiger partial charge >= 0.3 is 0 Å². The van der Waals surface area contributed by atoms with Crippen LogP contribution in [0.25, 0.3) is 10.9 Å². The molecular weight excluding hydrogens is 246 g/mol. The van der Waals surface area contributed by atoms with Crippen molar-refractivity contribution in [1.29, 1.82) is 0 Å². The Kier molecular flexibility index (Phi) is 4.96. The van der Waals surface area contributed by atoms with E-state index < -0.39 is 0 Å². The third-order valence-corrected chi connectivity index (χ3v) is 3.88. The Balaban J connectivity index is 2.58. The maximum Gasteiger partial charge on any atom is 0.0726 e. The predicted octanol–water partition coefficient (Wildman–Crippen LogP) is 3.58. The first-order chi connectivity index (χ1) is 9.71. The average molecular weight is 271 g/mol. The lowest BCUT2D eigenvalue weighted by Gasteiger charge is -2.31. The number of nitrogens with zero attached hydrogens (tertiary/aromatic N) is 2. The Morgan fingerprint density at radius 1 is 1.25 bits per heavy atom. The van der Waals surface area contributed by atoms with Crippen LogP contribution in [-0.2, 0) is 6.54 Å². The first-order valence-electron chi connectivity index (χ1n) is 7.51. The van der Waals surface area contributed by atoms with Crippen LogP contribution in [0.1, 0.15) is 32.9 Å². The van der Waals surface area contributed by atoms with E-state index in [4.69, 9.17) is 4.98 Å². The van der Waals surface area contributed by atoms with Crippen LogP contribution in [0.3, 0.4) is 0 Å². The van der Waals surface area contributed by atoms with E-state index in [1.54, 1.807) is 0 Å². The van der Waals surface area contributed by atoms with E-state index in [1.165, 1.54) is 11.1 Å². The molecule has 0 saturated heterocycles. The first-order valence-corrected chi connectivity index (χ1v) is 7.51. The summed E-state index contributed by atoms with van der Waals surface area (Å²) < 4.78 is 0. The number of hydrogen-bond acceptors (Lipinski definition) is 3. The van der Waals surface area contributed by atoms with Gasteiger partial charge in [-0.15, -0.1) is 0 Å². The maximum atomic E-state index is 4.74. The van der Waals surface area contributed by atoms with Crippen LogP contribution in [0.2, 0.25) is 0 Å². The van der Waals surface area contributed by atoms with Crippen molar-refractivity contribution in [3.05, 3.63) is 36.0 Å². The van der Waals surface area contributed by atoms with Crippen molar-refractivity contribution in [2.24, 2.45) is 0 Å². The Morgan fingerprint density at radius 2 is 2.00 bits per heavy atom. The average Bonchev–Trinajstić information content (AvgIpc) is 2.48. The van der Waals surface area contributed by atoms with Crippen LogP contribution in [0.4, 0.5) is 5.69 Å². The molecule has 3 nitrogen and oxygen atoms in total. The molecule has 108 valence electrons. The van der Waals surface area contributed by atoms with Gasteiger partial charge in [0, 0.05) is 30.2 Å². The zero-order valence-corrected chi connectivity index (χ0v) is 13.0. The minimum atomic E-state index is 0.535. The largest absolute Gasteiger partial charge is 0.369 e. The van der Waals surface area contributed by atoms with Gasteiger partial charge in [-0.1, -0.05) is 25.1 Å². The Morgan fingerprint density at radius 3 is 2.65 bits per heavy atom. The van der Waals surface area contributed by atoms with Gasteiger partial charge in [-0.05, 0) is 39.4 Å². The second-order valence-corrected chi connectivity index (χ2v) is 5.22. The summed E-state index contributed by atoms with van der Waals surface area (Å²) in [4.78, 5) is 7.21. The number of hydrogen-bond donors (Lipinski definition) is 1. The minimum Gasteiger partial charge on any atom is -0.369 e. The lowest BCUT2D eigenvalue weighted by molar-refractivity contribution is 0.631. The van der Waals surface area contributed by atoms with E-state index in [0.717, 1.165) is 30.7 Å². The van der Waals surface area contributed by atoms with Crippen molar-refractivity contribution in [2.75, 3.05) is 18.5 Å². The van der Waals surface area contributed by atoms with Crippen LogP contribution in [0.5, 0.6) is 0 Å². The molecule has 0 radical (unpaired) electrons. The standard InChI is InChI=1S/C17H25N3/c1-5-13(3)20(6-2)17-11-14(12-18-4)19-16-10-8-7-9-15(16)17/h7-11,13,18H,5-6,12H2,1-4H3. The zero-order chi connectivity index (χ0) is 14.5. The van der Waals surface area contributed by atoms with E-state index in [-0.39, 0.29) is 0 Å². The van der Waals surface area contributed by atoms with Crippen LogP contribution in [-0.4, -0.2) is 24.6 Å². The van der Waals surface area contributed by atoms with Crippen LogP contribution >= 0.6 is 0 Å². The SMILES string of the molecule is CCC(C)N(CC)c1cc(CNC)nc2ccccc12. The number of anilines is 1. The summed E-state index contributed by atoms with van der Waals surface area (Å²) in [5, 5.41) is 4.44. The highest BCUT2D eigenvalue weighted by Gasteiger charge is 2.15. The number of benzene rings is 1. The van der Waals surface area contributed by atoms with Gasteiger partial charge in [0.05, 0.1) is 11.2 Å². The second kappa shape index (κ2) is 6.71.